The van der Waals surface area contributed by atoms with Crippen LogP contribution < -0.4 is 0 Å². The highest BCUT2D eigenvalue weighted by molar-refractivity contribution is 5.54. The van der Waals surface area contributed by atoms with E-state index in [1.165, 1.54) is 0 Å². The van der Waals surface area contributed by atoms with Crippen LogP contribution in [-0.2, 0) is 6.18 Å². The Morgan fingerprint density at radius 3 is 2.29 bits per heavy atom. The Balaban J connectivity index is 3.68. The third kappa shape index (κ3) is 2.40. The Hall–Kier alpha value is -2.00. The molecular weight excluding hydrogens is 255 g/mol. The topological polar surface area (TPSA) is 76.3 Å². The van der Waals surface area contributed by atoms with Gasteiger partial charge in [-0.15, -0.1) is 0 Å². The molecule has 0 aliphatic carbocycles. The van der Waals surface area contributed by atoms with Crippen molar-refractivity contribution in [3.63, 3.8) is 0 Å². The van der Waals surface area contributed by atoms with Gasteiger partial charge in [-0.05, 0) is 0 Å². The summed E-state index contributed by atoms with van der Waals surface area (Å²) in [5.41, 5.74) is -5.86. The van der Waals surface area contributed by atoms with Crippen molar-refractivity contribution in [1.82, 2.24) is 4.98 Å². The molecule has 5 nitrogen and oxygen atoms in total. The Bertz CT molecular complexity index is 460. The average molecular weight is 258 g/mol. The highest BCUT2D eigenvalue weighted by Gasteiger charge is 2.45. The van der Waals surface area contributed by atoms with E-state index in [0.29, 0.717) is 0 Å². The molecule has 0 aliphatic heterocycles. The lowest BCUT2D eigenvalue weighted by Gasteiger charge is -2.12. The third-order valence-electron chi connectivity index (χ3n) is 1.73. The summed E-state index contributed by atoms with van der Waals surface area (Å²) in [5, 5.41) is 19.2. The zero-order valence-corrected chi connectivity index (χ0v) is 7.70. The van der Waals surface area contributed by atoms with E-state index in [-0.39, 0.29) is 6.20 Å². The van der Waals surface area contributed by atoms with Crippen molar-refractivity contribution in [3.8, 4) is 5.75 Å². The molecule has 17 heavy (non-hydrogen) atoms. The van der Waals surface area contributed by atoms with Gasteiger partial charge in [0.1, 0.15) is 5.69 Å². The molecule has 1 aromatic heterocycles. The minimum atomic E-state index is -5.42. The van der Waals surface area contributed by atoms with Crippen LogP contribution in [0, 0.1) is 10.1 Å². The van der Waals surface area contributed by atoms with Crippen molar-refractivity contribution >= 4 is 5.69 Å². The molecule has 0 aromatic carbocycles. The number of halogens is 5. The second-order valence-corrected chi connectivity index (χ2v) is 2.81. The van der Waals surface area contributed by atoms with Crippen LogP contribution in [-0.4, -0.2) is 15.0 Å². The summed E-state index contributed by atoms with van der Waals surface area (Å²) in [4.78, 5) is 11.4. The van der Waals surface area contributed by atoms with Crippen LogP contribution in [0.25, 0.3) is 0 Å². The van der Waals surface area contributed by atoms with Crippen LogP contribution in [0.3, 0.4) is 0 Å². The van der Waals surface area contributed by atoms with Crippen molar-refractivity contribution in [2.75, 3.05) is 0 Å². The van der Waals surface area contributed by atoms with Gasteiger partial charge >= 0.3 is 11.9 Å². The maximum Gasteiger partial charge on any atom is 0.425 e. The predicted molar refractivity (Wildman–Crippen MR) is 42.5 cm³/mol. The summed E-state index contributed by atoms with van der Waals surface area (Å²) in [5.74, 6) is -1.42. The van der Waals surface area contributed by atoms with Crippen LogP contribution >= 0.6 is 0 Å². The standard InChI is InChI=1S/C7H3F5N2O3/c8-6(9)4-3(7(10,11)12)5(14(16)17)2(15)1-13-4/h1,6,15H. The number of nitro groups is 1. The van der Waals surface area contributed by atoms with E-state index in [1.54, 1.807) is 0 Å². The van der Waals surface area contributed by atoms with Crippen molar-refractivity contribution in [2.45, 2.75) is 12.6 Å². The second-order valence-electron chi connectivity index (χ2n) is 2.81. The van der Waals surface area contributed by atoms with Crippen molar-refractivity contribution in [2.24, 2.45) is 0 Å². The molecule has 10 heteroatoms. The highest BCUT2D eigenvalue weighted by Crippen LogP contribution is 2.44. The number of hydrogen-bond donors (Lipinski definition) is 1. The lowest BCUT2D eigenvalue weighted by atomic mass is 10.1. The lowest BCUT2D eigenvalue weighted by molar-refractivity contribution is -0.389. The summed E-state index contributed by atoms with van der Waals surface area (Å²) >= 11 is 0. The molecule has 0 atom stereocenters. The predicted octanol–water partition coefficient (Wildman–Crippen LogP) is 2.65. The van der Waals surface area contributed by atoms with Gasteiger partial charge in [0.05, 0.1) is 11.1 Å². The second kappa shape index (κ2) is 4.11. The van der Waals surface area contributed by atoms with Gasteiger partial charge in [-0.25, -0.2) is 8.78 Å². The fourth-order valence-electron chi connectivity index (χ4n) is 1.14. The molecule has 1 aromatic rings. The molecule has 0 aliphatic rings. The highest BCUT2D eigenvalue weighted by atomic mass is 19.4. The first-order valence-electron chi connectivity index (χ1n) is 3.87. The molecule has 0 amide bonds. The Morgan fingerprint density at radius 1 is 1.41 bits per heavy atom. The van der Waals surface area contributed by atoms with Crippen molar-refractivity contribution in [1.29, 1.82) is 0 Å². The van der Waals surface area contributed by atoms with Crippen molar-refractivity contribution in [3.05, 3.63) is 27.6 Å². The lowest BCUT2D eigenvalue weighted by Crippen LogP contribution is -2.14. The van der Waals surface area contributed by atoms with E-state index in [1.807, 2.05) is 0 Å². The van der Waals surface area contributed by atoms with Gasteiger partial charge in [-0.2, -0.15) is 13.2 Å². The van der Waals surface area contributed by atoms with E-state index in [0.717, 1.165) is 0 Å². The molecule has 1 N–H and O–H groups in total. The van der Waals surface area contributed by atoms with Gasteiger partial charge in [-0.3, -0.25) is 15.1 Å². The van der Waals surface area contributed by atoms with Gasteiger partial charge in [0.15, 0.2) is 5.56 Å². The van der Waals surface area contributed by atoms with Gasteiger partial charge in [-0.1, -0.05) is 0 Å². The van der Waals surface area contributed by atoms with Gasteiger partial charge in [0.2, 0.25) is 5.75 Å². The minimum Gasteiger partial charge on any atom is -0.501 e. The SMILES string of the molecule is O=[N+]([O-])c1c(O)cnc(C(F)F)c1C(F)(F)F. The summed E-state index contributed by atoms with van der Waals surface area (Å²) < 4.78 is 61.8. The zero-order chi connectivity index (χ0) is 13.4. The first-order chi connectivity index (χ1) is 7.66. The molecule has 1 heterocycles. The molecule has 0 fully saturated rings. The first-order valence-corrected chi connectivity index (χ1v) is 3.87. The van der Waals surface area contributed by atoms with Gasteiger partial charge in [0, 0.05) is 0 Å². The molecule has 94 valence electrons. The summed E-state index contributed by atoms with van der Waals surface area (Å²) in [6, 6.07) is 0. The summed E-state index contributed by atoms with van der Waals surface area (Å²) in [6.07, 6.45) is -8.89. The Kier molecular flexibility index (Phi) is 3.16. The quantitative estimate of drug-likeness (QED) is 0.502. The van der Waals surface area contributed by atoms with Crippen LogP contribution in [0.2, 0.25) is 0 Å². The Labute approximate surface area is 89.7 Å². The minimum absolute atomic E-state index is 0.175. The maximum atomic E-state index is 12.4. The van der Waals surface area contributed by atoms with E-state index in [4.69, 9.17) is 5.11 Å². The summed E-state index contributed by atoms with van der Waals surface area (Å²) in [6.45, 7) is 0. The zero-order valence-electron chi connectivity index (χ0n) is 7.70. The van der Waals surface area contributed by atoms with E-state index >= 15 is 0 Å². The van der Waals surface area contributed by atoms with E-state index in [9.17, 15) is 32.1 Å². The number of aromatic hydroxyl groups is 1. The summed E-state index contributed by atoms with van der Waals surface area (Å²) in [7, 11) is 0. The van der Waals surface area contributed by atoms with E-state index in [2.05, 4.69) is 4.98 Å². The third-order valence-corrected chi connectivity index (χ3v) is 1.73. The fraction of sp³-hybridized carbons (Fsp3) is 0.286. The van der Waals surface area contributed by atoms with Crippen molar-refractivity contribution < 1.29 is 32.0 Å². The number of nitrogens with zero attached hydrogens (tertiary/aromatic N) is 2. The smallest absolute Gasteiger partial charge is 0.425 e. The fourth-order valence-corrected chi connectivity index (χ4v) is 1.14. The molecule has 0 saturated carbocycles. The Morgan fingerprint density at radius 2 is 1.94 bits per heavy atom. The molecular formula is C7H3F5N2O3. The number of aromatic nitrogens is 1. The van der Waals surface area contributed by atoms with Crippen LogP contribution in [0.1, 0.15) is 17.7 Å². The maximum absolute atomic E-state index is 12.4. The molecule has 0 unspecified atom stereocenters. The monoisotopic (exact) mass is 258 g/mol. The number of rotatable bonds is 2. The van der Waals surface area contributed by atoms with Gasteiger partial charge in [0.25, 0.3) is 6.43 Å². The van der Waals surface area contributed by atoms with Crippen LogP contribution in [0.15, 0.2) is 6.20 Å². The van der Waals surface area contributed by atoms with E-state index < -0.39 is 40.2 Å². The normalized spacial score (nSPS) is 11.9. The largest absolute Gasteiger partial charge is 0.501 e. The van der Waals surface area contributed by atoms with Gasteiger partial charge < -0.3 is 5.11 Å². The molecule has 0 radical (unpaired) electrons. The van der Waals surface area contributed by atoms with Crippen LogP contribution in [0.5, 0.6) is 5.75 Å². The molecule has 1 rings (SSSR count). The molecule has 0 spiro atoms. The molecule has 0 saturated heterocycles. The first kappa shape index (κ1) is 13.1. The number of alkyl halides is 5. The molecule has 0 bridgehead atoms. The average Bonchev–Trinajstić information content (AvgIpc) is 2.14. The number of pyridine rings is 1. The van der Waals surface area contributed by atoms with Crippen LogP contribution in [0.4, 0.5) is 27.6 Å². The number of hydrogen-bond acceptors (Lipinski definition) is 4.